The number of esters is 2. The maximum Gasteiger partial charge on any atom is 0.338 e. The molecule has 5 saturated carbocycles. The van der Waals surface area contributed by atoms with Crippen LogP contribution in [0, 0.1) is 45.8 Å². The van der Waals surface area contributed by atoms with E-state index in [2.05, 4.69) is 20.8 Å². The number of aliphatic hydroxyl groups excluding tert-OH is 3. The van der Waals surface area contributed by atoms with Gasteiger partial charge in [0.25, 0.3) is 0 Å². The molecule has 3 saturated heterocycles. The van der Waals surface area contributed by atoms with Crippen molar-refractivity contribution < 1.29 is 72.6 Å². The van der Waals surface area contributed by atoms with Crippen LogP contribution >= 0.6 is 0 Å². The summed E-state index contributed by atoms with van der Waals surface area (Å²) in [5.74, 6) is -0.943. The molecule has 0 unspecified atom stereocenters. The Morgan fingerprint density at radius 2 is 1.58 bits per heavy atom. The number of ether oxygens (including phenoxy) is 9. The highest BCUT2D eigenvalue weighted by Crippen LogP contribution is 2.83. The van der Waals surface area contributed by atoms with Gasteiger partial charge in [-0.3, -0.25) is 4.79 Å². The normalized spacial score (nSPS) is 50.1. The molecular weight excluding hydrogens is 805 g/mol. The summed E-state index contributed by atoms with van der Waals surface area (Å²) in [4.78, 5) is 26.1. The average molecular weight is 873 g/mol. The number of hydrogen-bond acceptors (Lipinski definition) is 15. The minimum Gasteiger partial charge on any atom is -0.497 e. The van der Waals surface area contributed by atoms with Crippen LogP contribution in [-0.4, -0.2) is 133 Å². The minimum atomic E-state index is -1.63. The summed E-state index contributed by atoms with van der Waals surface area (Å²) in [6.07, 6.45) is -2.56. The van der Waals surface area contributed by atoms with Crippen LogP contribution in [0.25, 0.3) is 0 Å². The van der Waals surface area contributed by atoms with Crippen molar-refractivity contribution in [2.45, 2.75) is 172 Å². The van der Waals surface area contributed by atoms with Gasteiger partial charge in [0.05, 0.1) is 38.1 Å². The molecule has 0 amide bonds. The van der Waals surface area contributed by atoms with Crippen molar-refractivity contribution in [1.29, 1.82) is 0 Å². The molecule has 346 valence electrons. The lowest BCUT2D eigenvalue weighted by atomic mass is 9.44. The van der Waals surface area contributed by atoms with Crippen molar-refractivity contribution in [1.82, 2.24) is 0 Å². The number of carbonyl (C=O) groups is 2. The maximum atomic E-state index is 13.4. The SMILES string of the molecule is CCCC[C@@]1(O[C@@H]2OC[C@H](O)[C@H](O[C@@H]3OC[C@@H](O)[C@H](O)[C@H]3OC(=O)c3ccc(OC)cc3)[C@H]2OC(C)=O)O[C@H]2C[C@H]3[C@@H]4C[C@@H](OC)[C@]56C[C@H]5CC[C@]6(C)[C@H]4CC[C@]3(C)[C@@]2(O)[C@@H]1C. The molecule has 0 radical (unpaired) electrons. The van der Waals surface area contributed by atoms with Gasteiger partial charge in [-0.15, -0.1) is 0 Å². The number of fused-ring (bicyclic) bond motifs is 6. The van der Waals surface area contributed by atoms with Gasteiger partial charge in [-0.25, -0.2) is 4.79 Å². The van der Waals surface area contributed by atoms with Crippen molar-refractivity contribution in [2.24, 2.45) is 45.8 Å². The first-order valence-corrected chi connectivity index (χ1v) is 23.1. The topological polar surface area (TPSA) is 198 Å². The van der Waals surface area contributed by atoms with E-state index >= 15 is 0 Å². The minimum absolute atomic E-state index is 0.141. The average Bonchev–Trinajstić information content (AvgIpc) is 3.78. The Bertz CT molecular complexity index is 1830. The molecule has 4 N–H and O–H groups in total. The fourth-order valence-electron chi connectivity index (χ4n) is 14.7. The predicted octanol–water partition coefficient (Wildman–Crippen LogP) is 4.28. The van der Waals surface area contributed by atoms with Gasteiger partial charge in [-0.1, -0.05) is 34.1 Å². The summed E-state index contributed by atoms with van der Waals surface area (Å²) in [7, 11) is 3.38. The van der Waals surface area contributed by atoms with Crippen LogP contribution in [0.3, 0.4) is 0 Å². The molecule has 8 aliphatic rings. The molecule has 15 heteroatoms. The standard InChI is InChI=1S/C47H68O15/c1-8-9-16-46(24(2)47(53)35(61-46)20-31-29-19-34(55-7)45-21-27(45)14-17-43(45,4)30(29)15-18-44(31,47)5)62-42-39(58-25(3)48)37(33(50)23-57-42)60-41-38(36(51)32(49)22-56-41)59-40(52)26-10-12-28(54-6)13-11-26/h10-13,24,27,29-39,41-42,49-51,53H,8-9,14-23H2,1-7H3/t24-,27-,29-,30+,31+,32-,33+,34-,35+,36+,37+,38-,39-,41+,42+,43-,44+,45+,46+,47-/m1/s1. The summed E-state index contributed by atoms with van der Waals surface area (Å²) < 4.78 is 55.5. The molecule has 1 spiro atoms. The number of carbonyl (C=O) groups excluding carboxylic acids is 2. The van der Waals surface area contributed by atoms with Gasteiger partial charge in [0.15, 0.2) is 24.3 Å². The van der Waals surface area contributed by atoms with E-state index in [1.54, 1.807) is 12.1 Å². The van der Waals surface area contributed by atoms with Crippen LogP contribution in [0.1, 0.15) is 109 Å². The van der Waals surface area contributed by atoms with E-state index in [-0.39, 0.29) is 41.6 Å². The molecule has 9 rings (SSSR count). The molecule has 1 aromatic carbocycles. The zero-order valence-electron chi connectivity index (χ0n) is 37.2. The Labute approximate surface area is 364 Å². The highest BCUT2D eigenvalue weighted by atomic mass is 16.8. The Morgan fingerprint density at radius 1 is 0.871 bits per heavy atom. The van der Waals surface area contributed by atoms with Crippen molar-refractivity contribution in [3.63, 3.8) is 0 Å². The molecule has 62 heavy (non-hydrogen) atoms. The van der Waals surface area contributed by atoms with Crippen molar-refractivity contribution in [3.05, 3.63) is 29.8 Å². The molecule has 1 aromatic rings. The summed E-state index contributed by atoms with van der Waals surface area (Å²) in [6, 6.07) is 6.12. The number of rotatable bonds is 12. The second kappa shape index (κ2) is 16.2. The van der Waals surface area contributed by atoms with E-state index in [4.69, 9.17) is 42.6 Å². The second-order valence-corrected chi connectivity index (χ2v) is 20.4. The van der Waals surface area contributed by atoms with Crippen molar-refractivity contribution in [2.75, 3.05) is 27.4 Å². The highest BCUT2D eigenvalue weighted by molar-refractivity contribution is 5.89. The maximum absolute atomic E-state index is 13.4. The van der Waals surface area contributed by atoms with E-state index in [9.17, 15) is 30.0 Å². The van der Waals surface area contributed by atoms with Gasteiger partial charge >= 0.3 is 11.9 Å². The third-order valence-corrected chi connectivity index (χ3v) is 17.9. The molecule has 3 heterocycles. The van der Waals surface area contributed by atoms with E-state index in [1.807, 2.05) is 14.0 Å². The third-order valence-electron chi connectivity index (χ3n) is 17.9. The number of methoxy groups -OCH3 is 2. The molecule has 3 aliphatic heterocycles. The molecule has 20 atom stereocenters. The second-order valence-electron chi connectivity index (χ2n) is 20.4. The van der Waals surface area contributed by atoms with Gasteiger partial charge < -0.3 is 63.1 Å². The molecular formula is C47H68O15. The number of unbranched alkanes of at least 4 members (excludes halogenated alkanes) is 1. The third kappa shape index (κ3) is 6.56. The smallest absolute Gasteiger partial charge is 0.338 e. The quantitative estimate of drug-likeness (QED) is 0.217. The summed E-state index contributed by atoms with van der Waals surface area (Å²) in [6.45, 7) is 9.42. The molecule has 5 aliphatic carbocycles. The fraction of sp³-hybridized carbons (Fsp3) is 0.830. The zero-order chi connectivity index (χ0) is 44.1. The Morgan fingerprint density at radius 3 is 2.26 bits per heavy atom. The summed E-state index contributed by atoms with van der Waals surface area (Å²) >= 11 is 0. The van der Waals surface area contributed by atoms with Crippen molar-refractivity contribution in [3.8, 4) is 5.75 Å². The van der Waals surface area contributed by atoms with Gasteiger partial charge in [0.2, 0.25) is 6.29 Å². The van der Waals surface area contributed by atoms with E-state index in [0.29, 0.717) is 36.8 Å². The van der Waals surface area contributed by atoms with Crippen LogP contribution in [-0.2, 0) is 42.7 Å². The fourth-order valence-corrected chi connectivity index (χ4v) is 14.7. The summed E-state index contributed by atoms with van der Waals surface area (Å²) in [5, 5.41) is 46.5. The Hall–Kier alpha value is -2.44. The Balaban J connectivity index is 0.971. The molecule has 0 aromatic heterocycles. The Kier molecular flexibility index (Phi) is 11.7. The first-order chi connectivity index (χ1) is 29.5. The number of aliphatic hydroxyl groups is 4. The van der Waals surface area contributed by atoms with E-state index in [0.717, 1.165) is 31.6 Å². The summed E-state index contributed by atoms with van der Waals surface area (Å²) in [5.41, 5.74) is -1.06. The first-order valence-electron chi connectivity index (χ1n) is 23.1. The lowest BCUT2D eigenvalue weighted by Gasteiger charge is -2.62. The predicted molar refractivity (Wildman–Crippen MR) is 218 cm³/mol. The van der Waals surface area contributed by atoms with Crippen LogP contribution in [0.15, 0.2) is 24.3 Å². The van der Waals surface area contributed by atoms with E-state index in [1.165, 1.54) is 45.4 Å². The van der Waals surface area contributed by atoms with Gasteiger partial charge in [0.1, 0.15) is 35.8 Å². The molecule has 0 bridgehead atoms. The van der Waals surface area contributed by atoms with Gasteiger partial charge in [-0.2, -0.15) is 0 Å². The first kappa shape index (κ1) is 44.7. The van der Waals surface area contributed by atoms with Gasteiger partial charge in [-0.05, 0) is 105 Å². The molecule has 15 nitrogen and oxygen atoms in total. The largest absolute Gasteiger partial charge is 0.497 e. The number of hydrogen-bond donors (Lipinski definition) is 4. The van der Waals surface area contributed by atoms with Crippen LogP contribution in [0.5, 0.6) is 5.75 Å². The van der Waals surface area contributed by atoms with Crippen LogP contribution in [0.2, 0.25) is 0 Å². The van der Waals surface area contributed by atoms with Gasteiger partial charge in [0, 0.05) is 37.2 Å². The monoisotopic (exact) mass is 872 g/mol. The van der Waals surface area contributed by atoms with Crippen LogP contribution < -0.4 is 4.74 Å². The van der Waals surface area contributed by atoms with Crippen LogP contribution in [0.4, 0.5) is 0 Å². The molecule has 8 fully saturated rings. The number of benzene rings is 1. The lowest BCUT2D eigenvalue weighted by molar-refractivity contribution is -0.378. The van der Waals surface area contributed by atoms with Crippen molar-refractivity contribution >= 4 is 11.9 Å². The highest BCUT2D eigenvalue weighted by Gasteiger charge is 2.81. The lowest BCUT2D eigenvalue weighted by Crippen LogP contribution is -2.64. The van der Waals surface area contributed by atoms with E-state index < -0.39 is 90.0 Å². The zero-order valence-corrected chi connectivity index (χ0v) is 37.2.